The number of rotatable bonds is 3. The zero-order valence-corrected chi connectivity index (χ0v) is 11.0. The van der Waals surface area contributed by atoms with Gasteiger partial charge in [-0.25, -0.2) is 17.5 Å². The Morgan fingerprint density at radius 2 is 1.94 bits per heavy atom. The van der Waals surface area contributed by atoms with E-state index in [0.717, 1.165) is 4.31 Å². The lowest BCUT2D eigenvalue weighted by Gasteiger charge is -2.13. The number of hydrogen-bond acceptors (Lipinski definition) is 3. The van der Waals surface area contributed by atoms with Gasteiger partial charge in [0, 0.05) is 14.1 Å². The number of benzene rings is 1. The van der Waals surface area contributed by atoms with Crippen LogP contribution in [0.25, 0.3) is 0 Å². The van der Waals surface area contributed by atoms with E-state index in [1.807, 2.05) is 0 Å². The minimum atomic E-state index is -3.64. The van der Waals surface area contributed by atoms with Crippen molar-refractivity contribution in [2.75, 3.05) is 14.1 Å². The monoisotopic (exact) mass is 307 g/mol. The van der Waals surface area contributed by atoms with Crippen molar-refractivity contribution in [1.29, 1.82) is 0 Å². The standard InChI is InChI=1S/C9H10BrNO4S/c1-11(2)16(14,15)7-5-3-4-6(8(7)10)9(12)13/h3-5H,1-2H3,(H,12,13). The molecule has 1 rings (SSSR count). The van der Waals surface area contributed by atoms with E-state index in [1.54, 1.807) is 0 Å². The van der Waals surface area contributed by atoms with Crippen LogP contribution in [0.3, 0.4) is 0 Å². The maximum absolute atomic E-state index is 11.8. The molecule has 1 aromatic carbocycles. The number of carboxylic acids is 1. The Morgan fingerprint density at radius 1 is 1.38 bits per heavy atom. The van der Waals surface area contributed by atoms with Crippen LogP contribution in [0.1, 0.15) is 10.4 Å². The van der Waals surface area contributed by atoms with Crippen molar-refractivity contribution in [3.8, 4) is 0 Å². The van der Waals surface area contributed by atoms with Crippen LogP contribution in [0.15, 0.2) is 27.6 Å². The highest BCUT2D eigenvalue weighted by Gasteiger charge is 2.23. The summed E-state index contributed by atoms with van der Waals surface area (Å²) in [6, 6.07) is 4.08. The van der Waals surface area contributed by atoms with E-state index in [1.165, 1.54) is 32.3 Å². The van der Waals surface area contributed by atoms with Gasteiger partial charge in [0.2, 0.25) is 10.0 Å². The van der Waals surface area contributed by atoms with Crippen LogP contribution in [-0.4, -0.2) is 37.9 Å². The molecule has 0 radical (unpaired) electrons. The van der Waals surface area contributed by atoms with E-state index in [-0.39, 0.29) is 14.9 Å². The molecule has 0 atom stereocenters. The molecular formula is C9H10BrNO4S. The molecule has 0 aromatic heterocycles. The second-order valence-electron chi connectivity index (χ2n) is 3.21. The quantitative estimate of drug-likeness (QED) is 0.916. The number of sulfonamides is 1. The summed E-state index contributed by atoms with van der Waals surface area (Å²) in [5.41, 5.74) is -0.0806. The number of hydrogen-bond donors (Lipinski definition) is 1. The third-order valence-corrected chi connectivity index (χ3v) is 4.93. The zero-order chi connectivity index (χ0) is 12.5. The predicted octanol–water partition coefficient (Wildman–Crippen LogP) is 1.40. The Kier molecular flexibility index (Phi) is 3.72. The molecule has 7 heteroatoms. The van der Waals surface area contributed by atoms with Crippen molar-refractivity contribution >= 4 is 31.9 Å². The maximum Gasteiger partial charge on any atom is 0.336 e. The molecule has 5 nitrogen and oxygen atoms in total. The summed E-state index contributed by atoms with van der Waals surface area (Å²) in [6.07, 6.45) is 0. The molecule has 0 bridgehead atoms. The van der Waals surface area contributed by atoms with E-state index in [9.17, 15) is 13.2 Å². The fourth-order valence-corrected chi connectivity index (χ4v) is 3.10. The molecule has 0 heterocycles. The molecule has 0 aliphatic carbocycles. The van der Waals surface area contributed by atoms with Gasteiger partial charge in [-0.2, -0.15) is 0 Å². The summed E-state index contributed by atoms with van der Waals surface area (Å²) >= 11 is 3.00. The van der Waals surface area contributed by atoms with Gasteiger partial charge < -0.3 is 5.11 Å². The average Bonchev–Trinajstić information content (AvgIpc) is 2.16. The van der Waals surface area contributed by atoms with Gasteiger partial charge in [-0.1, -0.05) is 6.07 Å². The third-order valence-electron chi connectivity index (χ3n) is 1.95. The van der Waals surface area contributed by atoms with Gasteiger partial charge in [-0.15, -0.1) is 0 Å². The summed E-state index contributed by atoms with van der Waals surface area (Å²) in [5.74, 6) is -1.18. The topological polar surface area (TPSA) is 74.7 Å². The lowest BCUT2D eigenvalue weighted by Crippen LogP contribution is -2.23. The lowest BCUT2D eigenvalue weighted by atomic mass is 10.2. The van der Waals surface area contributed by atoms with E-state index < -0.39 is 16.0 Å². The number of aromatic carboxylic acids is 1. The second kappa shape index (κ2) is 4.52. The lowest BCUT2D eigenvalue weighted by molar-refractivity contribution is 0.0695. The van der Waals surface area contributed by atoms with Gasteiger partial charge in [-0.3, -0.25) is 0 Å². The van der Waals surface area contributed by atoms with Crippen molar-refractivity contribution in [2.45, 2.75) is 4.90 Å². The van der Waals surface area contributed by atoms with Crippen LogP contribution in [-0.2, 0) is 10.0 Å². The van der Waals surface area contributed by atoms with E-state index >= 15 is 0 Å². The Hall–Kier alpha value is -0.920. The van der Waals surface area contributed by atoms with Gasteiger partial charge in [0.25, 0.3) is 0 Å². The Bertz CT molecular complexity index is 524. The molecule has 0 fully saturated rings. The molecule has 0 spiro atoms. The molecule has 0 saturated heterocycles. The second-order valence-corrected chi connectivity index (χ2v) is 6.12. The summed E-state index contributed by atoms with van der Waals surface area (Å²) in [7, 11) is -0.872. The number of nitrogens with zero attached hydrogens (tertiary/aromatic N) is 1. The van der Waals surface area contributed by atoms with E-state index in [2.05, 4.69) is 15.9 Å². The highest BCUT2D eigenvalue weighted by Crippen LogP contribution is 2.27. The van der Waals surface area contributed by atoms with Crippen molar-refractivity contribution in [3.63, 3.8) is 0 Å². The molecule has 0 aliphatic heterocycles. The summed E-state index contributed by atoms with van der Waals surface area (Å²) < 4.78 is 24.8. The number of carbonyl (C=O) groups is 1. The first kappa shape index (κ1) is 13.1. The van der Waals surface area contributed by atoms with Gasteiger partial charge >= 0.3 is 5.97 Å². The molecule has 0 saturated carbocycles. The molecule has 16 heavy (non-hydrogen) atoms. The average molecular weight is 308 g/mol. The number of carboxylic acid groups (broad SMARTS) is 1. The summed E-state index contributed by atoms with van der Waals surface area (Å²) in [5, 5.41) is 8.86. The summed E-state index contributed by atoms with van der Waals surface area (Å²) in [6.45, 7) is 0. The fourth-order valence-electron chi connectivity index (χ4n) is 1.07. The Balaban J connectivity index is 3.49. The van der Waals surface area contributed by atoms with Crippen molar-refractivity contribution in [1.82, 2.24) is 4.31 Å². The van der Waals surface area contributed by atoms with Crippen molar-refractivity contribution in [3.05, 3.63) is 28.2 Å². The Labute approximate surface area is 102 Å². The van der Waals surface area contributed by atoms with E-state index in [0.29, 0.717) is 0 Å². The van der Waals surface area contributed by atoms with Gasteiger partial charge in [0.05, 0.1) is 14.9 Å². The summed E-state index contributed by atoms with van der Waals surface area (Å²) in [4.78, 5) is 10.8. The normalized spacial score (nSPS) is 11.8. The molecule has 0 amide bonds. The van der Waals surface area contributed by atoms with Crippen LogP contribution in [0, 0.1) is 0 Å². The molecular weight excluding hydrogens is 298 g/mol. The fraction of sp³-hybridized carbons (Fsp3) is 0.222. The van der Waals surface area contributed by atoms with Crippen LogP contribution in [0.5, 0.6) is 0 Å². The smallest absolute Gasteiger partial charge is 0.336 e. The van der Waals surface area contributed by atoms with Crippen molar-refractivity contribution < 1.29 is 18.3 Å². The Morgan fingerprint density at radius 3 is 2.38 bits per heavy atom. The first-order valence-electron chi connectivity index (χ1n) is 4.23. The molecule has 1 N–H and O–H groups in total. The first-order valence-corrected chi connectivity index (χ1v) is 6.46. The number of halogens is 1. The zero-order valence-electron chi connectivity index (χ0n) is 8.64. The van der Waals surface area contributed by atoms with Gasteiger partial charge in [-0.05, 0) is 28.1 Å². The molecule has 0 aliphatic rings. The SMILES string of the molecule is CN(C)S(=O)(=O)c1cccc(C(=O)O)c1Br. The highest BCUT2D eigenvalue weighted by molar-refractivity contribution is 9.10. The van der Waals surface area contributed by atoms with Gasteiger partial charge in [0.1, 0.15) is 0 Å². The third kappa shape index (κ3) is 2.26. The first-order chi connectivity index (χ1) is 7.28. The largest absolute Gasteiger partial charge is 0.478 e. The van der Waals surface area contributed by atoms with Crippen LogP contribution in [0.4, 0.5) is 0 Å². The maximum atomic E-state index is 11.8. The highest BCUT2D eigenvalue weighted by atomic mass is 79.9. The van der Waals surface area contributed by atoms with Crippen LogP contribution in [0.2, 0.25) is 0 Å². The van der Waals surface area contributed by atoms with E-state index in [4.69, 9.17) is 5.11 Å². The van der Waals surface area contributed by atoms with Crippen LogP contribution < -0.4 is 0 Å². The van der Waals surface area contributed by atoms with Crippen molar-refractivity contribution in [2.24, 2.45) is 0 Å². The molecule has 0 unspecified atom stereocenters. The van der Waals surface area contributed by atoms with Gasteiger partial charge in [0.15, 0.2) is 0 Å². The molecule has 1 aromatic rings. The molecule has 88 valence electrons. The van der Waals surface area contributed by atoms with Crippen LogP contribution >= 0.6 is 15.9 Å². The minimum absolute atomic E-state index is 0.0580. The minimum Gasteiger partial charge on any atom is -0.478 e. The predicted molar refractivity (Wildman–Crippen MR) is 62.0 cm³/mol.